The van der Waals surface area contributed by atoms with Crippen LogP contribution in [0, 0.1) is 6.92 Å². The summed E-state index contributed by atoms with van der Waals surface area (Å²) < 4.78 is 33.2. The number of aryl methyl sites for hydroxylation is 1. The number of nitrogens with one attached hydrogen (secondary N) is 1. The zero-order valence-corrected chi connectivity index (χ0v) is 20.9. The van der Waals surface area contributed by atoms with E-state index < -0.39 is 22.5 Å². The second-order valence-corrected chi connectivity index (χ2v) is 10.0. The van der Waals surface area contributed by atoms with Gasteiger partial charge < -0.3 is 15.0 Å². The van der Waals surface area contributed by atoms with E-state index in [9.17, 15) is 13.2 Å². The maximum absolute atomic E-state index is 13.5. The summed E-state index contributed by atoms with van der Waals surface area (Å²) in [5.74, 6) is -0.0180. The molecule has 9 heteroatoms. The number of hydrogen-bond donors (Lipinski definition) is 1. The van der Waals surface area contributed by atoms with Gasteiger partial charge in [-0.15, -0.1) is 0 Å². The first kappa shape index (κ1) is 25.4. The number of nitrogens with zero attached hydrogens (tertiary/aromatic N) is 2. The molecule has 34 heavy (non-hydrogen) atoms. The van der Waals surface area contributed by atoms with E-state index in [0.717, 1.165) is 15.6 Å². The van der Waals surface area contributed by atoms with Gasteiger partial charge in [0.15, 0.2) is 0 Å². The number of ether oxygens (including phenoxy) is 1. The predicted molar refractivity (Wildman–Crippen MR) is 136 cm³/mol. The molecular formula is C25H28ClN3O4S. The number of methoxy groups -OCH3 is 1. The van der Waals surface area contributed by atoms with Crippen molar-refractivity contribution in [3.63, 3.8) is 0 Å². The van der Waals surface area contributed by atoms with Gasteiger partial charge in [0.25, 0.3) is 10.0 Å². The number of para-hydroxylation sites is 1. The molecule has 0 aliphatic heterocycles. The molecule has 3 aromatic rings. The van der Waals surface area contributed by atoms with E-state index in [2.05, 4.69) is 5.32 Å². The third kappa shape index (κ3) is 6.21. The Hall–Kier alpha value is -3.23. The fourth-order valence-corrected chi connectivity index (χ4v) is 4.99. The Morgan fingerprint density at radius 1 is 1.00 bits per heavy atom. The molecule has 0 heterocycles. The van der Waals surface area contributed by atoms with Crippen molar-refractivity contribution in [3.8, 4) is 5.75 Å². The smallest absolute Gasteiger partial charge is 0.264 e. The van der Waals surface area contributed by atoms with E-state index in [1.807, 2.05) is 49.2 Å². The fourth-order valence-electron chi connectivity index (χ4n) is 3.32. The predicted octanol–water partition coefficient (Wildman–Crippen LogP) is 4.10. The van der Waals surface area contributed by atoms with Gasteiger partial charge in [0.2, 0.25) is 5.91 Å². The zero-order chi connectivity index (χ0) is 24.7. The first-order valence-electron chi connectivity index (χ1n) is 10.7. The van der Waals surface area contributed by atoms with Gasteiger partial charge in [-0.3, -0.25) is 9.10 Å². The van der Waals surface area contributed by atoms with Crippen LogP contribution < -0.4 is 19.3 Å². The molecule has 0 aliphatic rings. The molecule has 0 saturated heterocycles. The third-order valence-corrected chi connectivity index (χ3v) is 7.37. The first-order chi connectivity index (χ1) is 16.2. The molecule has 0 atom stereocenters. The number of sulfonamides is 1. The van der Waals surface area contributed by atoms with Crippen LogP contribution in [0.2, 0.25) is 5.02 Å². The molecule has 0 bridgehead atoms. The summed E-state index contributed by atoms with van der Waals surface area (Å²) in [5, 5.41) is 3.05. The molecule has 7 nitrogen and oxygen atoms in total. The summed E-state index contributed by atoms with van der Waals surface area (Å²) in [6, 6.07) is 20.9. The minimum Gasteiger partial charge on any atom is -0.495 e. The largest absolute Gasteiger partial charge is 0.495 e. The van der Waals surface area contributed by atoms with E-state index in [-0.39, 0.29) is 15.6 Å². The fraction of sp³-hybridized carbons (Fsp3) is 0.240. The molecule has 180 valence electrons. The topological polar surface area (TPSA) is 79.0 Å². The van der Waals surface area contributed by atoms with E-state index in [4.69, 9.17) is 16.3 Å². The molecule has 0 unspecified atom stereocenters. The van der Waals surface area contributed by atoms with Crippen molar-refractivity contribution in [1.29, 1.82) is 0 Å². The Morgan fingerprint density at radius 3 is 2.29 bits per heavy atom. The SMILES string of the molecule is COc1ccc(N(CC(=O)NCCN(C)c2ccccc2)S(=O)(=O)c2ccc(C)cc2)cc1Cl. The zero-order valence-electron chi connectivity index (χ0n) is 19.4. The number of halogens is 1. The Bertz CT molecular complexity index is 1220. The van der Waals surface area contributed by atoms with Crippen molar-refractivity contribution in [1.82, 2.24) is 5.32 Å². The summed E-state index contributed by atoms with van der Waals surface area (Å²) in [5.41, 5.74) is 2.22. The van der Waals surface area contributed by atoms with Crippen molar-refractivity contribution >= 4 is 38.9 Å². The second kappa shape index (κ2) is 11.3. The lowest BCUT2D eigenvalue weighted by Gasteiger charge is -2.25. The number of benzene rings is 3. The maximum atomic E-state index is 13.5. The second-order valence-electron chi connectivity index (χ2n) is 7.75. The van der Waals surface area contributed by atoms with Gasteiger partial charge in [-0.05, 0) is 49.4 Å². The van der Waals surface area contributed by atoms with E-state index >= 15 is 0 Å². The molecule has 1 N–H and O–H groups in total. The molecular weight excluding hydrogens is 474 g/mol. The maximum Gasteiger partial charge on any atom is 0.264 e. The highest BCUT2D eigenvalue weighted by Gasteiger charge is 2.27. The Balaban J connectivity index is 1.79. The summed E-state index contributed by atoms with van der Waals surface area (Å²) in [6.45, 7) is 2.39. The molecule has 0 saturated carbocycles. The number of likely N-dealkylation sites (N-methyl/N-ethyl adjacent to an activating group) is 1. The highest BCUT2D eigenvalue weighted by molar-refractivity contribution is 7.92. The molecule has 1 amide bonds. The minimum absolute atomic E-state index is 0.0849. The molecule has 0 spiro atoms. The van der Waals surface area contributed by atoms with Gasteiger partial charge >= 0.3 is 0 Å². The average Bonchev–Trinajstić information content (AvgIpc) is 2.83. The molecule has 3 aromatic carbocycles. The average molecular weight is 502 g/mol. The summed E-state index contributed by atoms with van der Waals surface area (Å²) in [7, 11) is -0.625. The number of carbonyl (C=O) groups excluding carboxylic acids is 1. The lowest BCUT2D eigenvalue weighted by Crippen LogP contribution is -2.42. The number of anilines is 2. The van der Waals surface area contributed by atoms with Crippen LogP contribution in [0.3, 0.4) is 0 Å². The number of carbonyl (C=O) groups is 1. The molecule has 3 rings (SSSR count). The van der Waals surface area contributed by atoms with Gasteiger partial charge in [0.1, 0.15) is 12.3 Å². The van der Waals surface area contributed by atoms with E-state index in [0.29, 0.717) is 18.8 Å². The van der Waals surface area contributed by atoms with Gasteiger partial charge in [-0.2, -0.15) is 0 Å². The van der Waals surface area contributed by atoms with Crippen LogP contribution in [0.5, 0.6) is 5.75 Å². The van der Waals surface area contributed by atoms with Crippen LogP contribution in [-0.2, 0) is 14.8 Å². The summed E-state index contributed by atoms with van der Waals surface area (Å²) in [4.78, 5) is 14.9. The van der Waals surface area contributed by atoms with E-state index in [1.54, 1.807) is 24.3 Å². The van der Waals surface area contributed by atoms with Crippen molar-refractivity contribution in [2.75, 3.05) is 43.0 Å². The van der Waals surface area contributed by atoms with Crippen molar-refractivity contribution in [2.45, 2.75) is 11.8 Å². The molecule has 0 fully saturated rings. The molecule has 0 aromatic heterocycles. The highest BCUT2D eigenvalue weighted by atomic mass is 35.5. The number of amides is 1. The molecule has 0 aliphatic carbocycles. The minimum atomic E-state index is -4.02. The Morgan fingerprint density at radius 2 is 1.68 bits per heavy atom. The third-order valence-electron chi connectivity index (χ3n) is 5.29. The van der Waals surface area contributed by atoms with Crippen LogP contribution in [0.4, 0.5) is 11.4 Å². The lowest BCUT2D eigenvalue weighted by atomic mass is 10.2. The van der Waals surface area contributed by atoms with E-state index in [1.165, 1.54) is 25.3 Å². The van der Waals surface area contributed by atoms with Crippen LogP contribution in [0.25, 0.3) is 0 Å². The molecule has 0 radical (unpaired) electrons. The first-order valence-corrected chi connectivity index (χ1v) is 12.5. The van der Waals surface area contributed by atoms with Crippen molar-refractivity contribution in [2.24, 2.45) is 0 Å². The van der Waals surface area contributed by atoms with Crippen LogP contribution in [0.1, 0.15) is 5.56 Å². The quantitative estimate of drug-likeness (QED) is 0.452. The van der Waals surface area contributed by atoms with Crippen LogP contribution >= 0.6 is 11.6 Å². The summed E-state index contributed by atoms with van der Waals surface area (Å²) in [6.07, 6.45) is 0. The monoisotopic (exact) mass is 501 g/mol. The normalized spacial score (nSPS) is 11.1. The van der Waals surface area contributed by atoms with Gasteiger partial charge in [-0.1, -0.05) is 47.5 Å². The van der Waals surface area contributed by atoms with Gasteiger partial charge in [0, 0.05) is 25.8 Å². The van der Waals surface area contributed by atoms with Crippen molar-refractivity contribution < 1.29 is 17.9 Å². The Kier molecular flexibility index (Phi) is 8.41. The lowest BCUT2D eigenvalue weighted by molar-refractivity contribution is -0.119. The number of rotatable bonds is 10. The van der Waals surface area contributed by atoms with Gasteiger partial charge in [-0.25, -0.2) is 8.42 Å². The Labute approximate surface area is 206 Å². The number of hydrogen-bond acceptors (Lipinski definition) is 5. The highest BCUT2D eigenvalue weighted by Crippen LogP contribution is 2.32. The van der Waals surface area contributed by atoms with Crippen LogP contribution in [0.15, 0.2) is 77.7 Å². The standard InChI is InChI=1S/C25H28ClN3O4S/c1-19-9-12-22(13-10-19)34(31,32)29(21-11-14-24(33-3)23(26)17-21)18-25(30)27-15-16-28(2)20-7-5-4-6-8-20/h4-14,17H,15-16,18H2,1-3H3,(H,27,30). The van der Waals surface area contributed by atoms with Gasteiger partial charge in [0.05, 0.1) is 22.7 Å². The van der Waals surface area contributed by atoms with Crippen LogP contribution in [-0.4, -0.2) is 48.1 Å². The summed E-state index contributed by atoms with van der Waals surface area (Å²) >= 11 is 6.25. The van der Waals surface area contributed by atoms with Crippen molar-refractivity contribution in [3.05, 3.63) is 83.4 Å².